The number of unbranched alkanes of at least 4 members (excludes halogenated alkanes) is 5. The molecule has 0 saturated heterocycles. The zero-order valence-corrected chi connectivity index (χ0v) is 28.7. The number of carbonyl (C=O) groups excluding carboxylic acids is 1. The molecule has 3 nitrogen and oxygen atoms in total. The Labute approximate surface area is 274 Å². The van der Waals surface area contributed by atoms with Crippen LogP contribution in [0.4, 0.5) is 5.69 Å². The van der Waals surface area contributed by atoms with Crippen LogP contribution in [0.2, 0.25) is 0 Å². The van der Waals surface area contributed by atoms with E-state index in [9.17, 15) is 4.79 Å². The first-order valence-electron chi connectivity index (χ1n) is 16.7. The van der Waals surface area contributed by atoms with E-state index in [4.69, 9.17) is 0 Å². The second-order valence-corrected chi connectivity index (χ2v) is 12.5. The van der Waals surface area contributed by atoms with Gasteiger partial charge in [0.2, 0.25) is 0 Å². The molecule has 1 aliphatic heterocycles. The minimum Gasteiger partial charge on any atom is -0.348 e. The van der Waals surface area contributed by atoms with Crippen molar-refractivity contribution in [3.8, 4) is 0 Å². The highest BCUT2D eigenvalue weighted by atomic mass is 16.1. The van der Waals surface area contributed by atoms with E-state index in [0.717, 1.165) is 25.0 Å². The second kappa shape index (κ2) is 21.7. The Bertz CT molecular complexity index is 1270. The largest absolute Gasteiger partial charge is 0.348 e. The summed E-state index contributed by atoms with van der Waals surface area (Å²) in [7, 11) is 0. The number of aryl methyl sites for hydroxylation is 3. The van der Waals surface area contributed by atoms with E-state index in [1.54, 1.807) is 12.4 Å². The Morgan fingerprint density at radius 1 is 0.667 bits per heavy atom. The maximum absolute atomic E-state index is 12.8. The van der Waals surface area contributed by atoms with Gasteiger partial charge in [-0.3, -0.25) is 9.78 Å². The average Bonchev–Trinajstić information content (AvgIpc) is 3.05. The molecule has 0 amide bonds. The van der Waals surface area contributed by atoms with E-state index < -0.39 is 0 Å². The fraction of sp³-hybridized carbons (Fsp3) is 0.381. The van der Waals surface area contributed by atoms with Crippen molar-refractivity contribution in [2.45, 2.75) is 92.9 Å². The molecule has 0 N–H and O–H groups in total. The zero-order valence-electron chi connectivity index (χ0n) is 28.7. The molecule has 0 saturated carbocycles. The van der Waals surface area contributed by atoms with E-state index in [1.807, 2.05) is 54.6 Å². The number of Topliss-reactive ketones (excluding diaryl/α,β-unsaturated/α-hetero) is 1. The van der Waals surface area contributed by atoms with Crippen LogP contribution in [0, 0.1) is 26.2 Å². The summed E-state index contributed by atoms with van der Waals surface area (Å²) >= 11 is 0. The molecule has 240 valence electrons. The van der Waals surface area contributed by atoms with Crippen LogP contribution in [-0.2, 0) is 4.79 Å². The molecule has 0 aliphatic carbocycles. The Hall–Kier alpha value is -3.98. The minimum atomic E-state index is -0.0134. The first-order chi connectivity index (χ1) is 21.7. The standard InChI is InChI=1S/C23H35NO.2C7H8.C5H5N/c1-5-6-7-8-9-10-11-22(25)21-18-24(17-16-23(21,3)4)20-14-12-19(2)13-15-20;2*1-7-5-3-2-4-6-7;1-2-4-6-5-3-1/h12-15,18H,5-11,16-17H2,1-4H3;2*2-6H,1H3;1-5H. The normalized spacial score (nSPS) is 13.0. The van der Waals surface area contributed by atoms with Crippen LogP contribution in [0.1, 0.15) is 88.8 Å². The van der Waals surface area contributed by atoms with Crippen LogP contribution in [0.3, 0.4) is 0 Å². The third-order valence-corrected chi connectivity index (χ3v) is 7.86. The lowest BCUT2D eigenvalue weighted by Crippen LogP contribution is -2.35. The summed E-state index contributed by atoms with van der Waals surface area (Å²) in [5.74, 6) is 0.345. The van der Waals surface area contributed by atoms with Gasteiger partial charge in [0, 0.05) is 42.8 Å². The maximum Gasteiger partial charge on any atom is 0.160 e. The first-order valence-corrected chi connectivity index (χ1v) is 16.7. The van der Waals surface area contributed by atoms with Crippen LogP contribution < -0.4 is 4.90 Å². The van der Waals surface area contributed by atoms with E-state index in [0.29, 0.717) is 12.2 Å². The van der Waals surface area contributed by atoms with Crippen LogP contribution in [0.15, 0.2) is 127 Å². The highest BCUT2D eigenvalue weighted by molar-refractivity contribution is 5.97. The average molecular weight is 605 g/mol. The smallest absolute Gasteiger partial charge is 0.160 e. The molecular weight excluding hydrogens is 548 g/mol. The molecule has 1 aromatic heterocycles. The third-order valence-electron chi connectivity index (χ3n) is 7.86. The van der Waals surface area contributed by atoms with Crippen LogP contribution in [0.5, 0.6) is 0 Å². The van der Waals surface area contributed by atoms with Gasteiger partial charge in [-0.2, -0.15) is 0 Å². The number of aromatic nitrogens is 1. The van der Waals surface area contributed by atoms with Gasteiger partial charge in [-0.25, -0.2) is 0 Å². The summed E-state index contributed by atoms with van der Waals surface area (Å²) in [6.07, 6.45) is 14.7. The Morgan fingerprint density at radius 3 is 1.60 bits per heavy atom. The van der Waals surface area contributed by atoms with Gasteiger partial charge in [0.25, 0.3) is 0 Å². The molecule has 3 heteroatoms. The van der Waals surface area contributed by atoms with Crippen LogP contribution in [-0.4, -0.2) is 17.3 Å². The van der Waals surface area contributed by atoms with E-state index in [2.05, 4.69) is 106 Å². The summed E-state index contributed by atoms with van der Waals surface area (Å²) < 4.78 is 0. The molecule has 4 aromatic rings. The summed E-state index contributed by atoms with van der Waals surface area (Å²) in [6.45, 7) is 13.9. The van der Waals surface area contributed by atoms with Crippen molar-refractivity contribution in [3.05, 3.63) is 144 Å². The number of hydrogen-bond acceptors (Lipinski definition) is 3. The summed E-state index contributed by atoms with van der Waals surface area (Å²) in [5.41, 5.74) is 6.09. The lowest BCUT2D eigenvalue weighted by molar-refractivity contribution is -0.116. The number of nitrogens with zero attached hydrogens (tertiary/aromatic N) is 2. The maximum atomic E-state index is 12.8. The Morgan fingerprint density at radius 2 is 1.16 bits per heavy atom. The van der Waals surface area contributed by atoms with Gasteiger partial charge in [0.1, 0.15) is 0 Å². The molecule has 0 atom stereocenters. The van der Waals surface area contributed by atoms with Crippen LogP contribution in [0.25, 0.3) is 0 Å². The van der Waals surface area contributed by atoms with Crippen LogP contribution >= 0.6 is 0 Å². The summed E-state index contributed by atoms with van der Waals surface area (Å²) in [5, 5.41) is 0. The van der Waals surface area contributed by atoms with Crippen molar-refractivity contribution >= 4 is 11.5 Å². The Balaban J connectivity index is 0.000000279. The lowest BCUT2D eigenvalue weighted by atomic mass is 9.76. The van der Waals surface area contributed by atoms with Gasteiger partial charge < -0.3 is 4.90 Å². The molecule has 1 aliphatic rings. The second-order valence-electron chi connectivity index (χ2n) is 12.5. The lowest BCUT2D eigenvalue weighted by Gasteiger charge is -2.37. The summed E-state index contributed by atoms with van der Waals surface area (Å²) in [4.78, 5) is 18.9. The monoisotopic (exact) mass is 604 g/mol. The van der Waals surface area contributed by atoms with E-state index in [1.165, 1.54) is 54.5 Å². The number of allylic oxidation sites excluding steroid dienone is 1. The predicted octanol–water partition coefficient (Wildman–Crippen LogP) is 11.5. The van der Waals surface area contributed by atoms with Gasteiger partial charge in [-0.15, -0.1) is 0 Å². The number of hydrogen-bond donors (Lipinski definition) is 0. The number of carbonyl (C=O) groups is 1. The molecule has 0 radical (unpaired) electrons. The summed E-state index contributed by atoms with van der Waals surface area (Å²) in [6, 6.07) is 34.8. The predicted molar refractivity (Wildman–Crippen MR) is 195 cm³/mol. The van der Waals surface area contributed by atoms with Crippen molar-refractivity contribution in [1.82, 2.24) is 4.98 Å². The number of benzene rings is 3. The first kappa shape index (κ1) is 37.2. The molecular formula is C42H56N2O. The molecule has 0 spiro atoms. The fourth-order valence-corrected chi connectivity index (χ4v) is 4.90. The molecule has 0 unspecified atom stereocenters. The van der Waals surface area contributed by atoms with Gasteiger partial charge in [0.15, 0.2) is 5.78 Å². The minimum absolute atomic E-state index is 0.0134. The number of pyridine rings is 1. The quantitative estimate of drug-likeness (QED) is 0.178. The van der Waals surface area contributed by atoms with Gasteiger partial charge in [-0.1, -0.05) is 148 Å². The number of anilines is 1. The van der Waals surface area contributed by atoms with E-state index >= 15 is 0 Å². The zero-order chi connectivity index (χ0) is 32.8. The molecule has 3 aromatic carbocycles. The number of rotatable bonds is 9. The molecule has 45 heavy (non-hydrogen) atoms. The van der Waals surface area contributed by atoms with E-state index in [-0.39, 0.29) is 5.41 Å². The van der Waals surface area contributed by atoms with Gasteiger partial charge in [0.05, 0.1) is 0 Å². The molecule has 0 fully saturated rings. The number of ketones is 1. The van der Waals surface area contributed by atoms with Crippen molar-refractivity contribution in [3.63, 3.8) is 0 Å². The van der Waals surface area contributed by atoms with Crippen molar-refractivity contribution in [2.75, 3.05) is 11.4 Å². The van der Waals surface area contributed by atoms with Gasteiger partial charge in [-0.05, 0) is 63.3 Å². The van der Waals surface area contributed by atoms with Crippen molar-refractivity contribution < 1.29 is 4.79 Å². The highest BCUT2D eigenvalue weighted by Crippen LogP contribution is 2.37. The van der Waals surface area contributed by atoms with Gasteiger partial charge >= 0.3 is 0 Å². The van der Waals surface area contributed by atoms with Crippen molar-refractivity contribution in [1.29, 1.82) is 0 Å². The van der Waals surface area contributed by atoms with Crippen molar-refractivity contribution in [2.24, 2.45) is 5.41 Å². The SMILES string of the molecule is CCCCCCCCC(=O)C1=CN(c2ccc(C)cc2)CCC1(C)C.Cc1ccccc1.Cc1ccccc1.c1ccncc1. The fourth-order valence-electron chi connectivity index (χ4n) is 4.90. The topological polar surface area (TPSA) is 33.2 Å². The third kappa shape index (κ3) is 16.1. The molecule has 2 heterocycles. The Kier molecular flexibility index (Phi) is 17.9. The highest BCUT2D eigenvalue weighted by Gasteiger charge is 2.32. The molecule has 0 bridgehead atoms. The molecule has 5 rings (SSSR count).